The van der Waals surface area contributed by atoms with E-state index in [0.717, 1.165) is 24.1 Å². The number of aryl methyl sites for hydroxylation is 1. The van der Waals surface area contributed by atoms with Crippen LogP contribution in [-0.4, -0.2) is 51.0 Å². The van der Waals surface area contributed by atoms with E-state index in [4.69, 9.17) is 4.74 Å². The second-order valence-electron chi connectivity index (χ2n) is 7.06. The second-order valence-corrected chi connectivity index (χ2v) is 8.99. The number of ether oxygens (including phenoxy) is 1. The maximum atomic E-state index is 14.3. The predicted octanol–water partition coefficient (Wildman–Crippen LogP) is 2.60. The van der Waals surface area contributed by atoms with Crippen molar-refractivity contribution >= 4 is 15.9 Å². The van der Waals surface area contributed by atoms with Gasteiger partial charge in [0, 0.05) is 19.1 Å². The van der Waals surface area contributed by atoms with Gasteiger partial charge in [0.2, 0.25) is 10.0 Å². The Labute approximate surface area is 170 Å². The molecule has 1 fully saturated rings. The fourth-order valence-electron chi connectivity index (χ4n) is 3.18. The Bertz CT molecular complexity index is 944. The smallest absolute Gasteiger partial charge is 0.254 e. The van der Waals surface area contributed by atoms with Crippen LogP contribution in [0.4, 0.5) is 4.39 Å². The Hall–Kier alpha value is -2.29. The number of carbonyl (C=O) groups is 1. The summed E-state index contributed by atoms with van der Waals surface area (Å²) in [5.41, 5.74) is 0.879. The van der Waals surface area contributed by atoms with Crippen LogP contribution in [0.25, 0.3) is 0 Å². The average Bonchev–Trinajstić information content (AvgIpc) is 2.73. The molecule has 0 saturated carbocycles. The summed E-state index contributed by atoms with van der Waals surface area (Å²) in [6.45, 7) is 2.93. The van der Waals surface area contributed by atoms with Crippen molar-refractivity contribution in [3.8, 4) is 0 Å². The largest absolute Gasteiger partial charge is 0.379 e. The number of morpholine rings is 1. The minimum atomic E-state index is -3.80. The van der Waals surface area contributed by atoms with Crippen LogP contribution in [0.5, 0.6) is 0 Å². The van der Waals surface area contributed by atoms with Crippen LogP contribution in [0.3, 0.4) is 0 Å². The van der Waals surface area contributed by atoms with Crippen LogP contribution in [-0.2, 0) is 21.2 Å². The monoisotopic (exact) mass is 420 g/mol. The molecular weight excluding hydrogens is 395 g/mol. The number of carbonyl (C=O) groups excluding carboxylic acids is 1. The Morgan fingerprint density at radius 3 is 2.55 bits per heavy atom. The minimum Gasteiger partial charge on any atom is -0.379 e. The Kier molecular flexibility index (Phi) is 7.00. The molecule has 1 N–H and O–H groups in total. The topological polar surface area (TPSA) is 75.7 Å². The van der Waals surface area contributed by atoms with Crippen molar-refractivity contribution in [2.75, 3.05) is 26.3 Å². The third-order valence-electron chi connectivity index (χ3n) is 4.88. The van der Waals surface area contributed by atoms with E-state index < -0.39 is 21.7 Å². The zero-order chi connectivity index (χ0) is 20.9. The molecule has 1 atom stereocenters. The van der Waals surface area contributed by atoms with E-state index in [9.17, 15) is 17.6 Å². The first kappa shape index (κ1) is 21.4. The molecule has 2 aromatic rings. The maximum absolute atomic E-state index is 14.3. The van der Waals surface area contributed by atoms with Gasteiger partial charge in [-0.3, -0.25) is 4.79 Å². The molecule has 1 unspecified atom stereocenters. The van der Waals surface area contributed by atoms with Crippen LogP contribution in [0, 0.1) is 5.82 Å². The normalized spacial score (nSPS) is 16.3. The lowest BCUT2D eigenvalue weighted by Gasteiger charge is -2.26. The molecule has 29 heavy (non-hydrogen) atoms. The standard InChI is InChI=1S/C21H25FN2O4S/c1-16(7-8-17-5-3-2-4-6-17)23-21(25)19-15-18(9-10-20(19)22)29(26,27)24-11-13-28-14-12-24/h2-6,9-10,15-16H,7-8,11-14H2,1H3,(H,23,25). The van der Waals surface area contributed by atoms with E-state index in [1.807, 2.05) is 37.3 Å². The number of hydrogen-bond acceptors (Lipinski definition) is 4. The van der Waals surface area contributed by atoms with Gasteiger partial charge in [0.15, 0.2) is 0 Å². The molecule has 156 valence electrons. The van der Waals surface area contributed by atoms with Crippen LogP contribution in [0.1, 0.15) is 29.3 Å². The van der Waals surface area contributed by atoms with E-state index in [-0.39, 0.29) is 29.6 Å². The van der Waals surface area contributed by atoms with Gasteiger partial charge in [-0.25, -0.2) is 12.8 Å². The predicted molar refractivity (Wildman–Crippen MR) is 108 cm³/mol. The summed E-state index contributed by atoms with van der Waals surface area (Å²) in [6.07, 6.45) is 1.46. The SMILES string of the molecule is CC(CCc1ccccc1)NC(=O)c1cc(S(=O)(=O)N2CCOCC2)ccc1F. The van der Waals surface area contributed by atoms with E-state index in [0.29, 0.717) is 19.6 Å². The van der Waals surface area contributed by atoms with Gasteiger partial charge in [-0.1, -0.05) is 30.3 Å². The van der Waals surface area contributed by atoms with E-state index in [1.54, 1.807) is 0 Å². The van der Waals surface area contributed by atoms with Crippen LogP contribution in [0.2, 0.25) is 0 Å². The first-order valence-electron chi connectivity index (χ1n) is 9.60. The Balaban J connectivity index is 1.69. The van der Waals surface area contributed by atoms with Crippen LogP contribution in [0.15, 0.2) is 53.4 Å². The van der Waals surface area contributed by atoms with E-state index in [1.165, 1.54) is 10.4 Å². The third-order valence-corrected chi connectivity index (χ3v) is 6.77. The Morgan fingerprint density at radius 2 is 1.86 bits per heavy atom. The highest BCUT2D eigenvalue weighted by Gasteiger charge is 2.28. The van der Waals surface area contributed by atoms with Gasteiger partial charge in [-0.05, 0) is 43.5 Å². The van der Waals surface area contributed by atoms with Gasteiger partial charge < -0.3 is 10.1 Å². The van der Waals surface area contributed by atoms with Gasteiger partial charge >= 0.3 is 0 Å². The number of hydrogen-bond donors (Lipinski definition) is 1. The van der Waals surface area contributed by atoms with Crippen molar-refractivity contribution in [3.05, 3.63) is 65.5 Å². The highest BCUT2D eigenvalue weighted by atomic mass is 32.2. The molecule has 0 bridgehead atoms. The summed E-state index contributed by atoms with van der Waals surface area (Å²) in [4.78, 5) is 12.5. The minimum absolute atomic E-state index is 0.0945. The molecule has 0 spiro atoms. The average molecular weight is 421 g/mol. The highest BCUT2D eigenvalue weighted by Crippen LogP contribution is 2.20. The molecule has 0 aromatic heterocycles. The van der Waals surface area contributed by atoms with Gasteiger partial charge in [0.1, 0.15) is 5.82 Å². The number of halogens is 1. The third kappa shape index (κ3) is 5.41. The molecule has 3 rings (SSSR count). The van der Waals surface area contributed by atoms with Gasteiger partial charge in [0.25, 0.3) is 5.91 Å². The lowest BCUT2D eigenvalue weighted by Crippen LogP contribution is -2.40. The molecule has 1 saturated heterocycles. The van der Waals surface area contributed by atoms with Crippen molar-refractivity contribution in [3.63, 3.8) is 0 Å². The summed E-state index contributed by atoms with van der Waals surface area (Å²) >= 11 is 0. The molecule has 0 radical (unpaired) electrons. The number of nitrogens with one attached hydrogen (secondary N) is 1. The summed E-state index contributed by atoms with van der Waals surface area (Å²) in [5, 5.41) is 2.76. The van der Waals surface area contributed by atoms with Crippen molar-refractivity contribution in [2.24, 2.45) is 0 Å². The molecule has 1 aliphatic rings. The molecule has 8 heteroatoms. The number of nitrogens with zero attached hydrogens (tertiary/aromatic N) is 1. The van der Waals surface area contributed by atoms with Gasteiger partial charge in [-0.2, -0.15) is 4.31 Å². The van der Waals surface area contributed by atoms with Crippen LogP contribution < -0.4 is 5.32 Å². The van der Waals surface area contributed by atoms with Gasteiger partial charge in [-0.15, -0.1) is 0 Å². The molecule has 0 aliphatic carbocycles. The van der Waals surface area contributed by atoms with E-state index >= 15 is 0 Å². The maximum Gasteiger partial charge on any atom is 0.254 e. The second kappa shape index (κ2) is 9.47. The van der Waals surface area contributed by atoms with Crippen molar-refractivity contribution < 1.29 is 22.3 Å². The fraction of sp³-hybridized carbons (Fsp3) is 0.381. The van der Waals surface area contributed by atoms with Crippen molar-refractivity contribution in [1.29, 1.82) is 0 Å². The van der Waals surface area contributed by atoms with Crippen LogP contribution >= 0.6 is 0 Å². The highest BCUT2D eigenvalue weighted by molar-refractivity contribution is 7.89. The number of rotatable bonds is 7. The first-order valence-corrected chi connectivity index (χ1v) is 11.0. The molecule has 1 heterocycles. The molecule has 6 nitrogen and oxygen atoms in total. The number of benzene rings is 2. The van der Waals surface area contributed by atoms with Crippen molar-refractivity contribution in [1.82, 2.24) is 9.62 Å². The summed E-state index contributed by atoms with van der Waals surface area (Å²) in [5.74, 6) is -1.37. The van der Waals surface area contributed by atoms with Gasteiger partial charge in [0.05, 0.1) is 23.7 Å². The molecule has 2 aromatic carbocycles. The van der Waals surface area contributed by atoms with Crippen molar-refractivity contribution in [2.45, 2.75) is 30.7 Å². The lowest BCUT2D eigenvalue weighted by atomic mass is 10.1. The summed E-state index contributed by atoms with van der Waals surface area (Å²) < 4.78 is 46.3. The molecule has 1 aliphatic heterocycles. The van der Waals surface area contributed by atoms with E-state index in [2.05, 4.69) is 5.32 Å². The first-order chi connectivity index (χ1) is 13.9. The quantitative estimate of drug-likeness (QED) is 0.747. The summed E-state index contributed by atoms with van der Waals surface area (Å²) in [6, 6.07) is 13.0. The number of amides is 1. The zero-order valence-electron chi connectivity index (χ0n) is 16.3. The number of sulfonamides is 1. The Morgan fingerprint density at radius 1 is 1.17 bits per heavy atom. The zero-order valence-corrected chi connectivity index (χ0v) is 17.1. The fourth-order valence-corrected chi connectivity index (χ4v) is 4.61. The molecule has 1 amide bonds. The summed E-state index contributed by atoms with van der Waals surface area (Å²) in [7, 11) is -3.80. The molecular formula is C21H25FN2O4S. The lowest BCUT2D eigenvalue weighted by molar-refractivity contribution is 0.0730.